The van der Waals surface area contributed by atoms with Gasteiger partial charge in [0.1, 0.15) is 10.5 Å². The second-order valence-electron chi connectivity index (χ2n) is 7.31. The van der Waals surface area contributed by atoms with Crippen molar-refractivity contribution in [2.24, 2.45) is 0 Å². The average molecular weight is 451 g/mol. The van der Waals surface area contributed by atoms with E-state index in [-0.39, 0.29) is 10.7 Å². The van der Waals surface area contributed by atoms with E-state index in [2.05, 4.69) is 0 Å². The molecule has 0 fully saturated rings. The average Bonchev–Trinajstić information content (AvgIpc) is 3.15. The van der Waals surface area contributed by atoms with Crippen LogP contribution in [0.4, 0.5) is 4.39 Å². The minimum atomic E-state index is -0.610. The van der Waals surface area contributed by atoms with Gasteiger partial charge in [0.15, 0.2) is 0 Å². The Hall–Kier alpha value is -3.22. The van der Waals surface area contributed by atoms with Crippen molar-refractivity contribution in [3.05, 3.63) is 110 Å². The van der Waals surface area contributed by atoms with E-state index >= 15 is 0 Å². The molecule has 0 saturated carbocycles. The highest BCUT2D eigenvalue weighted by Gasteiger charge is 2.20. The van der Waals surface area contributed by atoms with E-state index in [1.807, 2.05) is 55.5 Å². The lowest BCUT2D eigenvalue weighted by Crippen LogP contribution is -2.38. The first-order valence-electron chi connectivity index (χ1n) is 9.63. The zero-order valence-electron chi connectivity index (χ0n) is 16.4. The first-order chi connectivity index (χ1) is 15.0. The van der Waals surface area contributed by atoms with E-state index in [1.54, 1.807) is 4.57 Å². The number of hydrogen-bond donors (Lipinski definition) is 0. The van der Waals surface area contributed by atoms with Crippen molar-refractivity contribution in [1.29, 1.82) is 0 Å². The molecule has 31 heavy (non-hydrogen) atoms. The molecule has 0 saturated heterocycles. The predicted octanol–water partition coefficient (Wildman–Crippen LogP) is 5.52. The maximum absolute atomic E-state index is 13.7. The van der Waals surface area contributed by atoms with Gasteiger partial charge in [-0.15, -0.1) is 11.3 Å². The van der Waals surface area contributed by atoms with E-state index < -0.39 is 17.1 Å². The van der Waals surface area contributed by atoms with E-state index in [1.165, 1.54) is 23.5 Å². The number of fused-ring (bicyclic) bond motifs is 3. The standard InChI is InChI=1S/C24H16ClFN2O2S/c1-14-6-2-3-7-15(14)13-27-21-17-8-4-5-9-20(17)31-22(21)23(29)28(24(27)30)16-10-11-19(26)18(25)12-16/h2-12H,13H2,1H3. The van der Waals surface area contributed by atoms with Gasteiger partial charge in [0.05, 0.1) is 22.8 Å². The second kappa shape index (κ2) is 7.48. The molecule has 5 aromatic rings. The predicted molar refractivity (Wildman–Crippen MR) is 124 cm³/mol. The van der Waals surface area contributed by atoms with Crippen molar-refractivity contribution in [3.63, 3.8) is 0 Å². The fourth-order valence-electron chi connectivity index (χ4n) is 3.81. The van der Waals surface area contributed by atoms with Crippen LogP contribution in [0.25, 0.3) is 26.0 Å². The van der Waals surface area contributed by atoms with Crippen LogP contribution < -0.4 is 11.2 Å². The number of aryl methyl sites for hydroxylation is 1. The minimum Gasteiger partial charge on any atom is -0.287 e. The van der Waals surface area contributed by atoms with Gasteiger partial charge in [-0.2, -0.15) is 0 Å². The maximum atomic E-state index is 13.7. The van der Waals surface area contributed by atoms with Crippen LogP contribution in [0.5, 0.6) is 0 Å². The Kier molecular flexibility index (Phi) is 4.76. The Morgan fingerprint density at radius 3 is 2.52 bits per heavy atom. The van der Waals surface area contributed by atoms with Gasteiger partial charge in [0.2, 0.25) is 0 Å². The summed E-state index contributed by atoms with van der Waals surface area (Å²) < 4.78 is 17.8. The van der Waals surface area contributed by atoms with Gasteiger partial charge in [-0.3, -0.25) is 9.36 Å². The number of benzene rings is 3. The van der Waals surface area contributed by atoms with Crippen LogP contribution in [-0.2, 0) is 6.54 Å². The van der Waals surface area contributed by atoms with E-state index in [4.69, 9.17) is 11.6 Å². The lowest BCUT2D eigenvalue weighted by atomic mass is 10.1. The van der Waals surface area contributed by atoms with Gasteiger partial charge in [-0.05, 0) is 42.3 Å². The summed E-state index contributed by atoms with van der Waals surface area (Å²) in [4.78, 5) is 27.1. The summed E-state index contributed by atoms with van der Waals surface area (Å²) >= 11 is 7.29. The first kappa shape index (κ1) is 19.7. The molecule has 7 heteroatoms. The van der Waals surface area contributed by atoms with Gasteiger partial charge >= 0.3 is 5.69 Å². The van der Waals surface area contributed by atoms with Gasteiger partial charge in [0.25, 0.3) is 5.56 Å². The molecule has 0 spiro atoms. The number of halogens is 2. The topological polar surface area (TPSA) is 44.0 Å². The van der Waals surface area contributed by atoms with Gasteiger partial charge in [-0.25, -0.2) is 13.8 Å². The fourth-order valence-corrected chi connectivity index (χ4v) is 5.12. The van der Waals surface area contributed by atoms with Crippen LogP contribution in [0.2, 0.25) is 5.02 Å². The Morgan fingerprint density at radius 1 is 1.00 bits per heavy atom. The molecule has 0 bridgehead atoms. The molecule has 0 aliphatic carbocycles. The van der Waals surface area contributed by atoms with Crippen LogP contribution in [0, 0.1) is 12.7 Å². The lowest BCUT2D eigenvalue weighted by Gasteiger charge is -2.14. The van der Waals surface area contributed by atoms with Crippen LogP contribution in [-0.4, -0.2) is 9.13 Å². The van der Waals surface area contributed by atoms with Crippen molar-refractivity contribution < 1.29 is 4.39 Å². The third-order valence-corrected chi connectivity index (χ3v) is 6.85. The van der Waals surface area contributed by atoms with Crippen LogP contribution >= 0.6 is 22.9 Å². The second-order valence-corrected chi connectivity index (χ2v) is 8.77. The van der Waals surface area contributed by atoms with Crippen molar-refractivity contribution in [2.45, 2.75) is 13.5 Å². The Balaban J connectivity index is 1.91. The molecule has 0 N–H and O–H groups in total. The number of rotatable bonds is 3. The summed E-state index contributed by atoms with van der Waals surface area (Å²) in [6.07, 6.45) is 0. The quantitative estimate of drug-likeness (QED) is 0.363. The van der Waals surface area contributed by atoms with Gasteiger partial charge < -0.3 is 0 Å². The molecule has 0 aliphatic rings. The number of nitrogens with zero attached hydrogens (tertiary/aromatic N) is 2. The smallest absolute Gasteiger partial charge is 0.287 e. The molecule has 5 rings (SSSR count). The molecule has 2 aromatic heterocycles. The number of thiophene rings is 1. The largest absolute Gasteiger partial charge is 0.336 e. The highest BCUT2D eigenvalue weighted by Crippen LogP contribution is 2.31. The van der Waals surface area contributed by atoms with E-state index in [0.29, 0.717) is 16.8 Å². The van der Waals surface area contributed by atoms with Crippen molar-refractivity contribution in [3.8, 4) is 5.69 Å². The molecule has 0 atom stereocenters. The summed E-state index contributed by atoms with van der Waals surface area (Å²) in [5.74, 6) is -0.610. The molecular weight excluding hydrogens is 435 g/mol. The van der Waals surface area contributed by atoms with E-state index in [9.17, 15) is 14.0 Å². The monoisotopic (exact) mass is 450 g/mol. The van der Waals surface area contributed by atoms with Gasteiger partial charge in [-0.1, -0.05) is 54.1 Å². The molecule has 0 unspecified atom stereocenters. The third kappa shape index (κ3) is 3.19. The summed E-state index contributed by atoms with van der Waals surface area (Å²) in [5.41, 5.74) is 1.94. The molecule has 3 aromatic carbocycles. The van der Waals surface area contributed by atoms with Crippen molar-refractivity contribution in [2.75, 3.05) is 0 Å². The van der Waals surface area contributed by atoms with Crippen molar-refractivity contribution >= 4 is 43.2 Å². The van der Waals surface area contributed by atoms with Crippen LogP contribution in [0.15, 0.2) is 76.3 Å². The number of hydrogen-bond acceptors (Lipinski definition) is 3. The fraction of sp³-hybridized carbons (Fsp3) is 0.0833. The third-order valence-electron chi connectivity index (χ3n) is 5.41. The summed E-state index contributed by atoms with van der Waals surface area (Å²) in [6, 6.07) is 19.3. The Morgan fingerprint density at radius 2 is 1.74 bits per heavy atom. The normalized spacial score (nSPS) is 11.5. The minimum absolute atomic E-state index is 0.148. The molecule has 154 valence electrons. The van der Waals surface area contributed by atoms with Gasteiger partial charge in [0, 0.05) is 10.1 Å². The molecular formula is C24H16ClFN2O2S. The number of aromatic nitrogens is 2. The summed E-state index contributed by atoms with van der Waals surface area (Å²) in [5, 5.41) is 0.709. The highest BCUT2D eigenvalue weighted by atomic mass is 35.5. The SMILES string of the molecule is Cc1ccccc1Cn1c(=O)n(-c2ccc(F)c(Cl)c2)c(=O)c2sc3ccccc3c21. The Bertz CT molecular complexity index is 1600. The first-order valence-corrected chi connectivity index (χ1v) is 10.8. The van der Waals surface area contributed by atoms with Crippen LogP contribution in [0.3, 0.4) is 0 Å². The zero-order chi connectivity index (χ0) is 21.7. The van der Waals surface area contributed by atoms with Crippen molar-refractivity contribution in [1.82, 2.24) is 9.13 Å². The molecule has 4 nitrogen and oxygen atoms in total. The molecule has 0 radical (unpaired) electrons. The summed E-state index contributed by atoms with van der Waals surface area (Å²) in [7, 11) is 0. The maximum Gasteiger partial charge on any atom is 0.336 e. The zero-order valence-corrected chi connectivity index (χ0v) is 18.0. The lowest BCUT2D eigenvalue weighted by molar-refractivity contribution is 0.627. The molecule has 0 aliphatic heterocycles. The molecule has 0 amide bonds. The van der Waals surface area contributed by atoms with E-state index in [0.717, 1.165) is 31.8 Å². The van der Waals surface area contributed by atoms with Crippen LogP contribution in [0.1, 0.15) is 11.1 Å². The summed E-state index contributed by atoms with van der Waals surface area (Å²) in [6.45, 7) is 2.29. The molecule has 2 heterocycles. The highest BCUT2D eigenvalue weighted by molar-refractivity contribution is 7.25. The Labute approximate surface area is 185 Å².